The van der Waals surface area contributed by atoms with Crippen LogP contribution in [0.15, 0.2) is 24.5 Å². The molecule has 3 aromatic rings. The molecule has 1 aromatic carbocycles. The van der Waals surface area contributed by atoms with E-state index in [2.05, 4.69) is 20.2 Å². The molecule has 26 heavy (non-hydrogen) atoms. The average molecular weight is 359 g/mol. The summed E-state index contributed by atoms with van der Waals surface area (Å²) in [7, 11) is 1.24. The molecule has 0 bridgehead atoms. The van der Waals surface area contributed by atoms with Crippen molar-refractivity contribution in [3.8, 4) is 17.1 Å². The Balaban J connectivity index is 1.59. The quantitative estimate of drug-likeness (QED) is 0.751. The number of nitrogens with one attached hydrogen (secondary N) is 2. The number of carbonyl (C=O) groups excluding carboxylic acids is 1. The Morgan fingerprint density at radius 1 is 1.31 bits per heavy atom. The number of benzene rings is 1. The van der Waals surface area contributed by atoms with E-state index in [1.807, 2.05) is 0 Å². The summed E-state index contributed by atoms with van der Waals surface area (Å²) in [6, 6.07) is 2.48. The predicted octanol–water partition coefficient (Wildman–Crippen LogP) is 2.29. The van der Waals surface area contributed by atoms with E-state index in [-0.39, 0.29) is 17.9 Å². The average Bonchev–Trinajstić information content (AvgIpc) is 3.32. The molecule has 0 unspecified atom stereocenters. The highest BCUT2D eigenvalue weighted by molar-refractivity contribution is 5.94. The summed E-state index contributed by atoms with van der Waals surface area (Å²) in [5.74, 6) is -2.53. The Bertz CT molecular complexity index is 968. The van der Waals surface area contributed by atoms with Gasteiger partial charge in [-0.25, -0.2) is 9.37 Å². The largest absolute Gasteiger partial charge is 0.494 e. The molecule has 0 spiro atoms. The molecule has 0 radical (unpaired) electrons. The van der Waals surface area contributed by atoms with Crippen molar-refractivity contribution in [1.82, 2.24) is 25.1 Å². The van der Waals surface area contributed by atoms with Crippen molar-refractivity contribution in [2.75, 3.05) is 13.7 Å². The molecule has 0 atom stereocenters. The van der Waals surface area contributed by atoms with Crippen LogP contribution < -0.4 is 4.74 Å². The summed E-state index contributed by atoms with van der Waals surface area (Å²) in [5, 5.41) is 6.60. The minimum absolute atomic E-state index is 0.238. The van der Waals surface area contributed by atoms with Crippen LogP contribution in [-0.4, -0.2) is 44.6 Å². The van der Waals surface area contributed by atoms with Gasteiger partial charge >= 0.3 is 0 Å². The van der Waals surface area contributed by atoms with Gasteiger partial charge in [-0.15, -0.1) is 0 Å². The van der Waals surface area contributed by atoms with Crippen LogP contribution >= 0.6 is 0 Å². The summed E-state index contributed by atoms with van der Waals surface area (Å²) in [4.78, 5) is 21.8. The van der Waals surface area contributed by atoms with Crippen LogP contribution in [0.3, 0.4) is 0 Å². The number of fused-ring (bicyclic) bond motifs is 1. The smallest absolute Gasteiger partial charge is 0.257 e. The summed E-state index contributed by atoms with van der Waals surface area (Å²) in [5.41, 5.74) is 2.11. The minimum Gasteiger partial charge on any atom is -0.494 e. The Kier molecular flexibility index (Phi) is 3.90. The molecule has 2 aromatic heterocycles. The zero-order valence-corrected chi connectivity index (χ0v) is 13.8. The molecule has 1 aliphatic heterocycles. The monoisotopic (exact) mass is 359 g/mol. The lowest BCUT2D eigenvalue weighted by atomic mass is 10.1. The van der Waals surface area contributed by atoms with Gasteiger partial charge in [0.15, 0.2) is 11.6 Å². The van der Waals surface area contributed by atoms with Crippen molar-refractivity contribution >= 4 is 5.91 Å². The number of carbonyl (C=O) groups is 1. The standard InChI is InChI=1S/C17H15F2N5O2/c1-26-13-3-2-10(14(18)15(13)19)17(25)24-5-4-11-12(8-24)23-16(22-11)9-6-20-21-7-9/h2-3,6-7H,4-5,8H2,1H3,(H,20,21)(H,22,23). The normalized spacial score (nSPS) is 13.6. The second kappa shape index (κ2) is 6.25. The van der Waals surface area contributed by atoms with Gasteiger partial charge in [0, 0.05) is 19.2 Å². The molecule has 134 valence electrons. The zero-order chi connectivity index (χ0) is 18.3. The molecule has 7 nitrogen and oxygen atoms in total. The number of halogens is 2. The number of aromatic nitrogens is 4. The van der Waals surface area contributed by atoms with Gasteiger partial charge in [-0.2, -0.15) is 9.49 Å². The van der Waals surface area contributed by atoms with E-state index >= 15 is 0 Å². The number of H-pyrrole nitrogens is 2. The number of methoxy groups -OCH3 is 1. The third-order valence-electron chi connectivity index (χ3n) is 4.39. The van der Waals surface area contributed by atoms with Gasteiger partial charge in [0.05, 0.1) is 42.4 Å². The lowest BCUT2D eigenvalue weighted by Gasteiger charge is -2.26. The van der Waals surface area contributed by atoms with Crippen LogP contribution in [0.1, 0.15) is 21.7 Å². The van der Waals surface area contributed by atoms with Crippen molar-refractivity contribution in [3.63, 3.8) is 0 Å². The van der Waals surface area contributed by atoms with Crippen molar-refractivity contribution in [2.45, 2.75) is 13.0 Å². The third kappa shape index (κ3) is 2.61. The number of amides is 1. The Morgan fingerprint density at radius 3 is 2.88 bits per heavy atom. The van der Waals surface area contributed by atoms with Gasteiger partial charge in [0.2, 0.25) is 5.82 Å². The number of nitrogens with zero attached hydrogens (tertiary/aromatic N) is 3. The van der Waals surface area contributed by atoms with Gasteiger partial charge in [-0.3, -0.25) is 9.89 Å². The highest BCUT2D eigenvalue weighted by Gasteiger charge is 2.28. The number of aromatic amines is 2. The maximum absolute atomic E-state index is 14.2. The first-order valence-electron chi connectivity index (χ1n) is 7.96. The summed E-state index contributed by atoms with van der Waals surface area (Å²) in [6.07, 6.45) is 3.88. The fourth-order valence-corrected chi connectivity index (χ4v) is 3.01. The summed E-state index contributed by atoms with van der Waals surface area (Å²) in [6.45, 7) is 0.612. The van der Waals surface area contributed by atoms with Crippen molar-refractivity contribution < 1.29 is 18.3 Å². The van der Waals surface area contributed by atoms with Crippen LogP contribution in [-0.2, 0) is 13.0 Å². The molecule has 0 fully saturated rings. The number of imidazole rings is 1. The molecular weight excluding hydrogens is 344 g/mol. The number of hydrogen-bond donors (Lipinski definition) is 2. The molecule has 3 heterocycles. The van der Waals surface area contributed by atoms with E-state index in [0.717, 1.165) is 17.0 Å². The highest BCUT2D eigenvalue weighted by Crippen LogP contribution is 2.26. The van der Waals surface area contributed by atoms with E-state index in [0.29, 0.717) is 18.8 Å². The summed E-state index contributed by atoms with van der Waals surface area (Å²) < 4.78 is 32.8. The maximum Gasteiger partial charge on any atom is 0.257 e. The fraction of sp³-hybridized carbons (Fsp3) is 0.235. The summed E-state index contributed by atoms with van der Waals surface area (Å²) >= 11 is 0. The van der Waals surface area contributed by atoms with Crippen LogP contribution in [0, 0.1) is 11.6 Å². The number of ether oxygens (including phenoxy) is 1. The Morgan fingerprint density at radius 2 is 2.15 bits per heavy atom. The van der Waals surface area contributed by atoms with E-state index < -0.39 is 17.5 Å². The van der Waals surface area contributed by atoms with Crippen LogP contribution in [0.4, 0.5) is 8.78 Å². The predicted molar refractivity (Wildman–Crippen MR) is 87.5 cm³/mol. The molecule has 2 N–H and O–H groups in total. The van der Waals surface area contributed by atoms with Crippen molar-refractivity contribution in [3.05, 3.63) is 53.1 Å². The molecule has 9 heteroatoms. The van der Waals surface area contributed by atoms with Crippen LogP contribution in [0.25, 0.3) is 11.4 Å². The molecule has 0 saturated carbocycles. The second-order valence-electron chi connectivity index (χ2n) is 5.92. The Hall–Kier alpha value is -3.23. The zero-order valence-electron chi connectivity index (χ0n) is 13.8. The first-order chi connectivity index (χ1) is 12.6. The lowest BCUT2D eigenvalue weighted by molar-refractivity contribution is 0.0726. The Labute approximate surface area is 147 Å². The van der Waals surface area contributed by atoms with Gasteiger partial charge < -0.3 is 14.6 Å². The lowest BCUT2D eigenvalue weighted by Crippen LogP contribution is -2.36. The molecule has 4 rings (SSSR count). The molecule has 1 amide bonds. The molecule has 1 aliphatic rings. The van der Waals surface area contributed by atoms with Gasteiger partial charge in [0.25, 0.3) is 5.91 Å². The molecule has 0 saturated heterocycles. The number of hydrogen-bond acceptors (Lipinski definition) is 4. The van der Waals surface area contributed by atoms with Gasteiger partial charge in [0.1, 0.15) is 5.82 Å². The topological polar surface area (TPSA) is 86.9 Å². The second-order valence-corrected chi connectivity index (χ2v) is 5.92. The van der Waals surface area contributed by atoms with Crippen molar-refractivity contribution in [1.29, 1.82) is 0 Å². The molecule has 0 aliphatic carbocycles. The minimum atomic E-state index is -1.20. The maximum atomic E-state index is 14.2. The molecular formula is C17H15F2N5O2. The fourth-order valence-electron chi connectivity index (χ4n) is 3.01. The number of rotatable bonds is 3. The van der Waals surface area contributed by atoms with Crippen molar-refractivity contribution in [2.24, 2.45) is 0 Å². The van der Waals surface area contributed by atoms with E-state index in [1.165, 1.54) is 24.1 Å². The van der Waals surface area contributed by atoms with E-state index in [9.17, 15) is 13.6 Å². The highest BCUT2D eigenvalue weighted by atomic mass is 19.2. The van der Waals surface area contributed by atoms with Gasteiger partial charge in [-0.1, -0.05) is 0 Å². The van der Waals surface area contributed by atoms with Crippen LogP contribution in [0.5, 0.6) is 5.75 Å². The van der Waals surface area contributed by atoms with E-state index in [1.54, 1.807) is 12.4 Å². The first kappa shape index (κ1) is 16.2. The first-order valence-corrected chi connectivity index (χ1v) is 7.96. The van der Waals surface area contributed by atoms with Crippen LogP contribution in [0.2, 0.25) is 0 Å². The van der Waals surface area contributed by atoms with Gasteiger partial charge in [-0.05, 0) is 12.1 Å². The SMILES string of the molecule is COc1ccc(C(=O)N2CCc3nc(-c4cn[nH]c4)[nH]c3C2)c(F)c1F. The third-order valence-corrected chi connectivity index (χ3v) is 4.39. The van der Waals surface area contributed by atoms with E-state index in [4.69, 9.17) is 4.74 Å².